The van der Waals surface area contributed by atoms with Gasteiger partial charge in [0.05, 0.1) is 11.0 Å². The second-order valence-electron chi connectivity index (χ2n) is 5.19. The molecular formula is C15H23NO4. The van der Waals surface area contributed by atoms with Gasteiger partial charge in [-0.1, -0.05) is 13.8 Å². The van der Waals surface area contributed by atoms with Crippen LogP contribution in [0.25, 0.3) is 0 Å². The second-order valence-corrected chi connectivity index (χ2v) is 5.19. The highest BCUT2D eigenvalue weighted by Gasteiger charge is 2.35. The maximum absolute atomic E-state index is 12.2. The summed E-state index contributed by atoms with van der Waals surface area (Å²) in [5.74, 6) is 0.124. The van der Waals surface area contributed by atoms with Crippen molar-refractivity contribution in [1.29, 1.82) is 0 Å². The second kappa shape index (κ2) is 6.11. The smallest absolute Gasteiger partial charge is 0.311 e. The quantitative estimate of drug-likeness (QED) is 0.840. The van der Waals surface area contributed by atoms with Crippen LogP contribution in [0, 0.1) is 26.2 Å². The predicted molar refractivity (Wildman–Crippen MR) is 75.9 cm³/mol. The van der Waals surface area contributed by atoms with Crippen LogP contribution < -0.4 is 5.32 Å². The number of aryl methyl sites for hydroxylation is 2. The SMILES string of the molecule is CCC(CC)(CNC(=O)c1c(C)oc(C)c1C)C(=O)O. The molecule has 20 heavy (non-hydrogen) atoms. The number of rotatable bonds is 6. The molecular weight excluding hydrogens is 258 g/mol. The molecule has 0 fully saturated rings. The molecule has 1 aromatic heterocycles. The van der Waals surface area contributed by atoms with Gasteiger partial charge in [-0.05, 0) is 33.6 Å². The van der Waals surface area contributed by atoms with Gasteiger partial charge in [0.15, 0.2) is 0 Å². The van der Waals surface area contributed by atoms with Crippen LogP contribution in [0.2, 0.25) is 0 Å². The molecule has 0 atom stereocenters. The lowest BCUT2D eigenvalue weighted by atomic mass is 9.82. The normalized spacial score (nSPS) is 11.4. The Kier molecular flexibility index (Phi) is 4.98. The largest absolute Gasteiger partial charge is 0.481 e. The van der Waals surface area contributed by atoms with E-state index in [1.54, 1.807) is 13.8 Å². The van der Waals surface area contributed by atoms with Crippen LogP contribution in [0.1, 0.15) is 54.1 Å². The number of carbonyl (C=O) groups is 2. The topological polar surface area (TPSA) is 79.5 Å². The fraction of sp³-hybridized carbons (Fsp3) is 0.600. The molecule has 1 rings (SSSR count). The molecule has 0 aliphatic carbocycles. The van der Waals surface area contributed by atoms with Crippen molar-refractivity contribution >= 4 is 11.9 Å². The first-order valence-corrected chi connectivity index (χ1v) is 6.87. The minimum atomic E-state index is -0.906. The van der Waals surface area contributed by atoms with Gasteiger partial charge in [-0.15, -0.1) is 0 Å². The summed E-state index contributed by atoms with van der Waals surface area (Å²) in [6, 6.07) is 0. The van der Waals surface area contributed by atoms with Crippen molar-refractivity contribution in [3.63, 3.8) is 0 Å². The summed E-state index contributed by atoms with van der Waals surface area (Å²) >= 11 is 0. The fourth-order valence-corrected chi connectivity index (χ4v) is 2.34. The molecule has 0 spiro atoms. The summed E-state index contributed by atoms with van der Waals surface area (Å²) < 4.78 is 5.42. The van der Waals surface area contributed by atoms with Gasteiger partial charge in [-0.2, -0.15) is 0 Å². The van der Waals surface area contributed by atoms with E-state index in [0.29, 0.717) is 29.9 Å². The number of nitrogens with one attached hydrogen (secondary N) is 1. The van der Waals surface area contributed by atoms with Gasteiger partial charge in [0, 0.05) is 12.1 Å². The average molecular weight is 281 g/mol. The zero-order valence-electron chi connectivity index (χ0n) is 12.8. The Balaban J connectivity index is 2.89. The van der Waals surface area contributed by atoms with Crippen LogP contribution in [0.4, 0.5) is 0 Å². The van der Waals surface area contributed by atoms with E-state index in [4.69, 9.17) is 4.42 Å². The van der Waals surface area contributed by atoms with Gasteiger partial charge in [-0.3, -0.25) is 9.59 Å². The van der Waals surface area contributed by atoms with Crippen molar-refractivity contribution in [2.45, 2.75) is 47.5 Å². The van der Waals surface area contributed by atoms with E-state index in [-0.39, 0.29) is 12.5 Å². The third-order valence-corrected chi connectivity index (χ3v) is 4.18. The highest BCUT2D eigenvalue weighted by molar-refractivity contribution is 5.97. The number of hydrogen-bond acceptors (Lipinski definition) is 3. The van der Waals surface area contributed by atoms with E-state index in [1.165, 1.54) is 0 Å². The van der Waals surface area contributed by atoms with Crippen molar-refractivity contribution in [2.24, 2.45) is 5.41 Å². The molecule has 5 nitrogen and oxygen atoms in total. The van der Waals surface area contributed by atoms with Crippen molar-refractivity contribution < 1.29 is 19.1 Å². The lowest BCUT2D eigenvalue weighted by molar-refractivity contribution is -0.149. The van der Waals surface area contributed by atoms with Crippen LogP contribution in [0.5, 0.6) is 0 Å². The summed E-state index contributed by atoms with van der Waals surface area (Å²) in [5, 5.41) is 12.1. The maximum atomic E-state index is 12.2. The van der Waals surface area contributed by atoms with Gasteiger partial charge >= 0.3 is 5.97 Å². The molecule has 0 aromatic carbocycles. The standard InChI is InChI=1S/C15H23NO4/c1-6-15(7-2,14(18)19)8-16-13(17)12-9(3)10(4)20-11(12)5/h6-8H2,1-5H3,(H,16,17)(H,18,19). The van der Waals surface area contributed by atoms with E-state index >= 15 is 0 Å². The Bertz CT molecular complexity index is 512. The highest BCUT2D eigenvalue weighted by atomic mass is 16.4. The molecule has 1 heterocycles. The van der Waals surface area contributed by atoms with Crippen molar-refractivity contribution in [3.05, 3.63) is 22.6 Å². The third-order valence-electron chi connectivity index (χ3n) is 4.18. The Labute approximate surface area is 119 Å². The lowest BCUT2D eigenvalue weighted by Gasteiger charge is -2.26. The van der Waals surface area contributed by atoms with Crippen LogP contribution >= 0.6 is 0 Å². The van der Waals surface area contributed by atoms with E-state index in [9.17, 15) is 14.7 Å². The number of hydrogen-bond donors (Lipinski definition) is 2. The van der Waals surface area contributed by atoms with E-state index in [0.717, 1.165) is 5.56 Å². The third kappa shape index (κ3) is 2.86. The molecule has 0 aliphatic rings. The molecule has 2 N–H and O–H groups in total. The predicted octanol–water partition coefficient (Wildman–Crippen LogP) is 2.83. The first kappa shape index (κ1) is 16.3. The molecule has 5 heteroatoms. The number of carboxylic acids is 1. The van der Waals surface area contributed by atoms with E-state index in [1.807, 2.05) is 20.8 Å². The Morgan fingerprint density at radius 2 is 1.70 bits per heavy atom. The van der Waals surface area contributed by atoms with Crippen LogP contribution in [-0.2, 0) is 4.79 Å². The minimum absolute atomic E-state index is 0.122. The van der Waals surface area contributed by atoms with Crippen molar-refractivity contribution in [3.8, 4) is 0 Å². The number of aliphatic carboxylic acids is 1. The first-order valence-electron chi connectivity index (χ1n) is 6.87. The molecule has 1 aromatic rings. The lowest BCUT2D eigenvalue weighted by Crippen LogP contribution is -2.42. The molecule has 1 amide bonds. The van der Waals surface area contributed by atoms with Crippen molar-refractivity contribution in [2.75, 3.05) is 6.54 Å². The van der Waals surface area contributed by atoms with Gasteiger partial charge < -0.3 is 14.8 Å². The first-order chi connectivity index (χ1) is 9.29. The Hall–Kier alpha value is -1.78. The van der Waals surface area contributed by atoms with Gasteiger partial charge in [-0.25, -0.2) is 0 Å². The average Bonchev–Trinajstić information content (AvgIpc) is 2.64. The summed E-state index contributed by atoms with van der Waals surface area (Å²) in [4.78, 5) is 23.6. The summed E-state index contributed by atoms with van der Waals surface area (Å²) in [6.07, 6.45) is 0.947. The van der Waals surface area contributed by atoms with Crippen molar-refractivity contribution in [1.82, 2.24) is 5.32 Å². The van der Waals surface area contributed by atoms with Gasteiger partial charge in [0.25, 0.3) is 5.91 Å². The zero-order valence-corrected chi connectivity index (χ0v) is 12.8. The van der Waals surface area contributed by atoms with E-state index in [2.05, 4.69) is 5.32 Å². The maximum Gasteiger partial charge on any atom is 0.311 e. The molecule has 0 saturated carbocycles. The molecule has 0 aliphatic heterocycles. The van der Waals surface area contributed by atoms with Gasteiger partial charge in [0.2, 0.25) is 0 Å². The highest BCUT2D eigenvalue weighted by Crippen LogP contribution is 2.26. The number of carbonyl (C=O) groups excluding carboxylic acids is 1. The molecule has 0 saturated heterocycles. The Morgan fingerprint density at radius 3 is 2.05 bits per heavy atom. The number of furan rings is 1. The molecule has 0 radical (unpaired) electrons. The molecule has 112 valence electrons. The van der Waals surface area contributed by atoms with E-state index < -0.39 is 11.4 Å². The van der Waals surface area contributed by atoms with Crippen LogP contribution in [0.15, 0.2) is 4.42 Å². The van der Waals surface area contributed by atoms with Crippen LogP contribution in [0.3, 0.4) is 0 Å². The summed E-state index contributed by atoms with van der Waals surface area (Å²) in [5.41, 5.74) is 0.402. The number of amides is 1. The number of carboxylic acid groups (broad SMARTS) is 1. The minimum Gasteiger partial charge on any atom is -0.481 e. The zero-order chi connectivity index (χ0) is 15.5. The summed E-state index contributed by atoms with van der Waals surface area (Å²) in [7, 11) is 0. The fourth-order valence-electron chi connectivity index (χ4n) is 2.34. The summed E-state index contributed by atoms with van der Waals surface area (Å²) in [6.45, 7) is 9.13. The van der Waals surface area contributed by atoms with Gasteiger partial charge in [0.1, 0.15) is 11.5 Å². The molecule has 0 unspecified atom stereocenters. The molecule has 0 bridgehead atoms. The van der Waals surface area contributed by atoms with Crippen LogP contribution in [-0.4, -0.2) is 23.5 Å². The Morgan fingerprint density at radius 1 is 1.15 bits per heavy atom. The monoisotopic (exact) mass is 281 g/mol.